The van der Waals surface area contributed by atoms with Crippen molar-refractivity contribution in [1.29, 1.82) is 0 Å². The molecule has 0 saturated carbocycles. The van der Waals surface area contributed by atoms with E-state index < -0.39 is 15.8 Å². The summed E-state index contributed by atoms with van der Waals surface area (Å²) < 4.78 is 23.4. The van der Waals surface area contributed by atoms with Gasteiger partial charge in [0.15, 0.2) is 9.84 Å². The van der Waals surface area contributed by atoms with Crippen molar-refractivity contribution in [2.45, 2.75) is 37.5 Å². The van der Waals surface area contributed by atoms with Gasteiger partial charge in [0.2, 0.25) is 5.91 Å². The van der Waals surface area contributed by atoms with Gasteiger partial charge in [-0.25, -0.2) is 13.2 Å². The van der Waals surface area contributed by atoms with Crippen molar-refractivity contribution in [1.82, 2.24) is 0 Å². The standard InChI is InChI=1S/C20H23NO5S/c1-14-7-9-15(10-8-14)5-3-4-6-19(22)21-17-11-16(20(23)24)12-18(13-17)27(2,25)26/h7-13H,3-6H2,1-2H3,(H,21,22)(H,23,24). The molecule has 6 nitrogen and oxygen atoms in total. The van der Waals surface area contributed by atoms with Gasteiger partial charge in [0.1, 0.15) is 0 Å². The van der Waals surface area contributed by atoms with Crippen LogP contribution in [0.25, 0.3) is 0 Å². The summed E-state index contributed by atoms with van der Waals surface area (Å²) in [6, 6.07) is 11.8. The van der Waals surface area contributed by atoms with Crippen molar-refractivity contribution in [3.63, 3.8) is 0 Å². The van der Waals surface area contributed by atoms with Gasteiger partial charge >= 0.3 is 5.97 Å². The van der Waals surface area contributed by atoms with Gasteiger partial charge < -0.3 is 10.4 Å². The van der Waals surface area contributed by atoms with Crippen LogP contribution in [0, 0.1) is 6.92 Å². The normalized spacial score (nSPS) is 11.2. The van der Waals surface area contributed by atoms with E-state index in [0.29, 0.717) is 6.42 Å². The van der Waals surface area contributed by atoms with Crippen LogP contribution in [0.4, 0.5) is 5.69 Å². The number of carbonyl (C=O) groups is 2. The minimum atomic E-state index is -3.59. The Morgan fingerprint density at radius 3 is 2.30 bits per heavy atom. The topological polar surface area (TPSA) is 101 Å². The van der Waals surface area contributed by atoms with E-state index in [9.17, 15) is 18.0 Å². The Balaban J connectivity index is 1.93. The lowest BCUT2D eigenvalue weighted by molar-refractivity contribution is -0.116. The fourth-order valence-corrected chi connectivity index (χ4v) is 3.28. The third-order valence-electron chi connectivity index (χ3n) is 4.11. The van der Waals surface area contributed by atoms with Gasteiger partial charge in [0.25, 0.3) is 0 Å². The van der Waals surface area contributed by atoms with Gasteiger partial charge in [-0.1, -0.05) is 29.8 Å². The first-order chi connectivity index (χ1) is 12.6. The first kappa shape index (κ1) is 20.6. The van der Waals surface area contributed by atoms with E-state index in [4.69, 9.17) is 5.11 Å². The molecule has 27 heavy (non-hydrogen) atoms. The molecule has 0 saturated heterocycles. The third-order valence-corrected chi connectivity index (χ3v) is 5.20. The van der Waals surface area contributed by atoms with Crippen LogP contribution in [0.15, 0.2) is 47.4 Å². The van der Waals surface area contributed by atoms with Gasteiger partial charge in [0, 0.05) is 18.4 Å². The number of rotatable bonds is 8. The second-order valence-corrected chi connectivity index (χ2v) is 8.58. The lowest BCUT2D eigenvalue weighted by Crippen LogP contribution is -2.13. The highest BCUT2D eigenvalue weighted by Crippen LogP contribution is 2.20. The number of hydrogen-bond donors (Lipinski definition) is 2. The number of aromatic carboxylic acids is 1. The molecule has 7 heteroatoms. The summed E-state index contributed by atoms with van der Waals surface area (Å²) in [7, 11) is -3.59. The molecule has 0 aliphatic rings. The molecule has 0 aliphatic heterocycles. The molecule has 2 aromatic carbocycles. The van der Waals surface area contributed by atoms with Crippen molar-refractivity contribution in [2.24, 2.45) is 0 Å². The number of benzene rings is 2. The summed E-state index contributed by atoms with van der Waals surface area (Å²) in [5.74, 6) is -1.53. The fourth-order valence-electron chi connectivity index (χ4n) is 2.60. The van der Waals surface area contributed by atoms with E-state index in [1.54, 1.807) is 0 Å². The van der Waals surface area contributed by atoms with E-state index in [1.165, 1.54) is 23.3 Å². The van der Waals surface area contributed by atoms with Crippen LogP contribution in [0.5, 0.6) is 0 Å². The first-order valence-electron chi connectivity index (χ1n) is 8.59. The van der Waals surface area contributed by atoms with E-state index in [2.05, 4.69) is 29.6 Å². The van der Waals surface area contributed by atoms with E-state index in [0.717, 1.165) is 25.2 Å². The summed E-state index contributed by atoms with van der Waals surface area (Å²) in [6.45, 7) is 2.03. The van der Waals surface area contributed by atoms with Crippen molar-refractivity contribution < 1.29 is 23.1 Å². The molecule has 2 rings (SSSR count). The molecule has 0 bridgehead atoms. The van der Waals surface area contributed by atoms with Crippen LogP contribution in [0.2, 0.25) is 0 Å². The number of nitrogens with one attached hydrogen (secondary N) is 1. The average molecular weight is 389 g/mol. The highest BCUT2D eigenvalue weighted by molar-refractivity contribution is 7.90. The maximum Gasteiger partial charge on any atom is 0.335 e. The molecule has 0 unspecified atom stereocenters. The molecular weight excluding hydrogens is 366 g/mol. The lowest BCUT2D eigenvalue weighted by Gasteiger charge is -2.09. The molecule has 1 amide bonds. The van der Waals surface area contributed by atoms with E-state index in [-0.39, 0.29) is 28.5 Å². The van der Waals surface area contributed by atoms with Crippen LogP contribution in [0.1, 0.15) is 40.7 Å². The molecule has 0 aromatic heterocycles. The molecule has 2 aromatic rings. The van der Waals surface area contributed by atoms with Crippen LogP contribution in [-0.4, -0.2) is 31.7 Å². The SMILES string of the molecule is Cc1ccc(CCCCC(=O)Nc2cc(C(=O)O)cc(S(C)(=O)=O)c2)cc1. The molecule has 144 valence electrons. The molecule has 0 radical (unpaired) electrons. The van der Waals surface area contributed by atoms with Gasteiger partial charge in [-0.05, 0) is 49.9 Å². The molecule has 2 N–H and O–H groups in total. The minimum Gasteiger partial charge on any atom is -0.478 e. The first-order valence-corrected chi connectivity index (χ1v) is 10.5. The highest BCUT2D eigenvalue weighted by Gasteiger charge is 2.14. The predicted octanol–water partition coefficient (Wildman–Crippen LogP) is 3.45. The summed E-state index contributed by atoms with van der Waals surface area (Å²) >= 11 is 0. The Bertz CT molecular complexity index is 933. The van der Waals surface area contributed by atoms with Gasteiger partial charge in [0.05, 0.1) is 10.5 Å². The average Bonchev–Trinajstić information content (AvgIpc) is 2.59. The van der Waals surface area contributed by atoms with Gasteiger partial charge in [-0.15, -0.1) is 0 Å². The highest BCUT2D eigenvalue weighted by atomic mass is 32.2. The molecular formula is C20H23NO5S. The maximum absolute atomic E-state index is 12.1. The van der Waals surface area contributed by atoms with Gasteiger partial charge in [-0.3, -0.25) is 4.79 Å². The summed E-state index contributed by atoms with van der Waals surface area (Å²) in [4.78, 5) is 23.1. The quantitative estimate of drug-likeness (QED) is 0.674. The van der Waals surface area contributed by atoms with Crippen LogP contribution in [-0.2, 0) is 21.1 Å². The monoisotopic (exact) mass is 389 g/mol. The number of carboxylic acids is 1. The maximum atomic E-state index is 12.1. The smallest absolute Gasteiger partial charge is 0.335 e. The Hall–Kier alpha value is -2.67. The number of carboxylic acid groups (broad SMARTS) is 1. The van der Waals surface area contributed by atoms with Crippen molar-refractivity contribution >= 4 is 27.4 Å². The Kier molecular flexibility index (Phi) is 6.74. The lowest BCUT2D eigenvalue weighted by atomic mass is 10.1. The number of carbonyl (C=O) groups excluding carboxylic acids is 1. The zero-order valence-corrected chi connectivity index (χ0v) is 16.2. The second kappa shape index (κ2) is 8.81. The number of unbranched alkanes of at least 4 members (excludes halogenated alkanes) is 1. The van der Waals surface area contributed by atoms with Crippen LogP contribution >= 0.6 is 0 Å². The number of aryl methyl sites for hydroxylation is 2. The molecule has 0 heterocycles. The number of sulfone groups is 1. The van der Waals surface area contributed by atoms with Crippen molar-refractivity contribution in [3.8, 4) is 0 Å². The van der Waals surface area contributed by atoms with Crippen molar-refractivity contribution in [3.05, 3.63) is 59.2 Å². The zero-order valence-electron chi connectivity index (χ0n) is 15.4. The number of amides is 1. The summed E-state index contributed by atoms with van der Waals surface area (Å²) in [5.41, 5.74) is 2.40. The number of anilines is 1. The third kappa shape index (κ3) is 6.53. The molecule has 0 atom stereocenters. The Morgan fingerprint density at radius 2 is 1.70 bits per heavy atom. The van der Waals surface area contributed by atoms with Crippen LogP contribution < -0.4 is 5.32 Å². The largest absolute Gasteiger partial charge is 0.478 e. The summed E-state index contributed by atoms with van der Waals surface area (Å²) in [6.07, 6.45) is 3.67. The molecule has 0 fully saturated rings. The van der Waals surface area contributed by atoms with Gasteiger partial charge in [-0.2, -0.15) is 0 Å². The fraction of sp³-hybridized carbons (Fsp3) is 0.300. The molecule has 0 aliphatic carbocycles. The number of hydrogen-bond acceptors (Lipinski definition) is 4. The Morgan fingerprint density at radius 1 is 1.04 bits per heavy atom. The van der Waals surface area contributed by atoms with E-state index in [1.807, 2.05) is 6.92 Å². The summed E-state index contributed by atoms with van der Waals surface area (Å²) in [5, 5.41) is 11.7. The van der Waals surface area contributed by atoms with E-state index >= 15 is 0 Å². The Labute approximate surface area is 159 Å². The second-order valence-electron chi connectivity index (χ2n) is 6.56. The zero-order chi connectivity index (χ0) is 20.0. The van der Waals surface area contributed by atoms with Crippen molar-refractivity contribution in [2.75, 3.05) is 11.6 Å². The molecule has 0 spiro atoms. The minimum absolute atomic E-state index is 0.142. The van der Waals surface area contributed by atoms with Crippen LogP contribution in [0.3, 0.4) is 0 Å². The predicted molar refractivity (Wildman–Crippen MR) is 104 cm³/mol.